The second kappa shape index (κ2) is 7.19. The van der Waals surface area contributed by atoms with Crippen molar-refractivity contribution in [1.82, 2.24) is 15.2 Å². The molecule has 0 saturated carbocycles. The molecule has 0 aliphatic heterocycles. The maximum Gasteiger partial charge on any atom is 0.161 e. The summed E-state index contributed by atoms with van der Waals surface area (Å²) < 4.78 is 21.3. The van der Waals surface area contributed by atoms with Gasteiger partial charge in [-0.2, -0.15) is 5.10 Å². The van der Waals surface area contributed by atoms with Crippen LogP contribution in [0.2, 0.25) is 0 Å². The molecule has 0 bridgehead atoms. The fourth-order valence-electron chi connectivity index (χ4n) is 2.27. The molecule has 1 aromatic heterocycles. The van der Waals surface area contributed by atoms with Crippen molar-refractivity contribution >= 4 is 22.6 Å². The standard InChI is InChI=1S/C14H18FIN4O/c1-3-6-20-14(12(21-2)8-18-20)13(19-17)10-5-4-9(15)7-11(10)16/h4-5,7-8,13,19H,3,6,17H2,1-2H3. The summed E-state index contributed by atoms with van der Waals surface area (Å²) in [6, 6.07) is 4.31. The van der Waals surface area contributed by atoms with Gasteiger partial charge in [-0.1, -0.05) is 13.0 Å². The molecule has 3 N–H and O–H groups in total. The lowest BCUT2D eigenvalue weighted by Crippen LogP contribution is -2.31. The van der Waals surface area contributed by atoms with Crippen LogP contribution in [0.5, 0.6) is 5.75 Å². The SMILES string of the molecule is CCCn1ncc(OC)c1C(NN)c1ccc(F)cc1I. The summed E-state index contributed by atoms with van der Waals surface area (Å²) in [6.07, 6.45) is 2.61. The number of halogens is 2. The molecule has 1 aromatic carbocycles. The van der Waals surface area contributed by atoms with E-state index in [1.165, 1.54) is 12.1 Å². The minimum Gasteiger partial charge on any atom is -0.493 e. The Hall–Kier alpha value is -1.19. The Bertz CT molecular complexity index is 617. The molecule has 0 saturated heterocycles. The smallest absolute Gasteiger partial charge is 0.161 e. The first-order valence-corrected chi connectivity index (χ1v) is 7.71. The van der Waals surface area contributed by atoms with Crippen LogP contribution in [0, 0.1) is 9.39 Å². The fourth-order valence-corrected chi connectivity index (χ4v) is 3.06. The van der Waals surface area contributed by atoms with E-state index in [1.54, 1.807) is 19.4 Å². The van der Waals surface area contributed by atoms with Crippen LogP contribution in [-0.2, 0) is 6.54 Å². The fraction of sp³-hybridized carbons (Fsp3) is 0.357. The van der Waals surface area contributed by atoms with Crippen LogP contribution in [0.3, 0.4) is 0 Å². The zero-order chi connectivity index (χ0) is 15.4. The number of aryl methyl sites for hydroxylation is 1. The molecule has 0 fully saturated rings. The van der Waals surface area contributed by atoms with Gasteiger partial charge in [-0.3, -0.25) is 10.5 Å². The van der Waals surface area contributed by atoms with Crippen molar-refractivity contribution < 1.29 is 9.13 Å². The van der Waals surface area contributed by atoms with E-state index >= 15 is 0 Å². The van der Waals surface area contributed by atoms with Gasteiger partial charge in [0, 0.05) is 10.1 Å². The predicted octanol–water partition coefficient (Wildman–Crippen LogP) is 2.60. The Morgan fingerprint density at radius 2 is 2.29 bits per heavy atom. The number of hydrazine groups is 1. The first-order chi connectivity index (χ1) is 10.1. The number of nitrogens with zero attached hydrogens (tertiary/aromatic N) is 2. The van der Waals surface area contributed by atoms with Crippen molar-refractivity contribution in [1.29, 1.82) is 0 Å². The number of rotatable bonds is 6. The average molecular weight is 404 g/mol. The van der Waals surface area contributed by atoms with Crippen LogP contribution in [-0.4, -0.2) is 16.9 Å². The molecule has 1 atom stereocenters. The lowest BCUT2D eigenvalue weighted by atomic mass is 10.0. The van der Waals surface area contributed by atoms with Gasteiger partial charge in [0.15, 0.2) is 5.75 Å². The molecule has 1 heterocycles. The molecule has 0 spiro atoms. The molecular weight excluding hydrogens is 386 g/mol. The highest BCUT2D eigenvalue weighted by molar-refractivity contribution is 14.1. The number of aromatic nitrogens is 2. The minimum atomic E-state index is -0.318. The van der Waals surface area contributed by atoms with E-state index in [9.17, 15) is 4.39 Å². The predicted molar refractivity (Wildman–Crippen MR) is 87.4 cm³/mol. The normalized spacial score (nSPS) is 12.4. The van der Waals surface area contributed by atoms with Gasteiger partial charge in [-0.25, -0.2) is 9.82 Å². The molecule has 0 amide bonds. The maximum absolute atomic E-state index is 13.3. The molecule has 0 radical (unpaired) electrons. The van der Waals surface area contributed by atoms with Gasteiger partial charge in [0.1, 0.15) is 11.5 Å². The van der Waals surface area contributed by atoms with Gasteiger partial charge in [0.25, 0.3) is 0 Å². The zero-order valence-electron chi connectivity index (χ0n) is 11.9. The molecule has 1 unspecified atom stereocenters. The summed E-state index contributed by atoms with van der Waals surface area (Å²) in [5, 5.41) is 4.34. The first kappa shape index (κ1) is 16.2. The van der Waals surface area contributed by atoms with E-state index in [-0.39, 0.29) is 11.9 Å². The molecule has 21 heavy (non-hydrogen) atoms. The summed E-state index contributed by atoms with van der Waals surface area (Å²) in [5.74, 6) is 6.14. The summed E-state index contributed by atoms with van der Waals surface area (Å²) >= 11 is 2.10. The van der Waals surface area contributed by atoms with E-state index < -0.39 is 0 Å². The summed E-state index contributed by atoms with van der Waals surface area (Å²) in [4.78, 5) is 0. The Morgan fingerprint density at radius 1 is 1.52 bits per heavy atom. The Balaban J connectivity index is 2.52. The van der Waals surface area contributed by atoms with Crippen LogP contribution in [0.4, 0.5) is 4.39 Å². The highest BCUT2D eigenvalue weighted by Crippen LogP contribution is 2.32. The van der Waals surface area contributed by atoms with Crippen molar-refractivity contribution in [3.63, 3.8) is 0 Å². The average Bonchev–Trinajstić information content (AvgIpc) is 2.85. The van der Waals surface area contributed by atoms with Crippen molar-refractivity contribution in [3.8, 4) is 5.75 Å². The summed E-state index contributed by atoms with van der Waals surface area (Å²) in [6.45, 7) is 2.83. The van der Waals surface area contributed by atoms with E-state index in [0.717, 1.165) is 27.8 Å². The van der Waals surface area contributed by atoms with Gasteiger partial charge >= 0.3 is 0 Å². The summed E-state index contributed by atoms with van der Waals surface area (Å²) in [5.41, 5.74) is 4.51. The molecule has 2 rings (SSSR count). The maximum atomic E-state index is 13.3. The topological polar surface area (TPSA) is 65.1 Å². The Kier molecular flexibility index (Phi) is 5.54. The Labute approximate surface area is 136 Å². The van der Waals surface area contributed by atoms with Crippen molar-refractivity contribution in [2.45, 2.75) is 25.9 Å². The monoisotopic (exact) mass is 404 g/mol. The van der Waals surface area contributed by atoms with Gasteiger partial charge in [0.2, 0.25) is 0 Å². The minimum absolute atomic E-state index is 0.270. The van der Waals surface area contributed by atoms with Crippen molar-refractivity contribution in [2.75, 3.05) is 7.11 Å². The van der Waals surface area contributed by atoms with Gasteiger partial charge in [0.05, 0.1) is 19.3 Å². The van der Waals surface area contributed by atoms with Crippen LogP contribution < -0.4 is 16.0 Å². The molecule has 0 aliphatic rings. The molecule has 2 aromatic rings. The number of ether oxygens (including phenoxy) is 1. The highest BCUT2D eigenvalue weighted by Gasteiger charge is 2.24. The quantitative estimate of drug-likeness (QED) is 0.442. The number of benzene rings is 1. The second-order valence-electron chi connectivity index (χ2n) is 4.59. The number of nitrogens with one attached hydrogen (secondary N) is 1. The lowest BCUT2D eigenvalue weighted by Gasteiger charge is -2.20. The lowest BCUT2D eigenvalue weighted by molar-refractivity contribution is 0.398. The van der Waals surface area contributed by atoms with E-state index in [1.807, 2.05) is 4.68 Å². The molecule has 114 valence electrons. The number of nitrogens with two attached hydrogens (primary N) is 1. The van der Waals surface area contributed by atoms with E-state index in [2.05, 4.69) is 40.0 Å². The van der Waals surface area contributed by atoms with Gasteiger partial charge in [-0.05, 0) is 46.7 Å². The highest BCUT2D eigenvalue weighted by atomic mass is 127. The third kappa shape index (κ3) is 3.35. The summed E-state index contributed by atoms with van der Waals surface area (Å²) in [7, 11) is 1.60. The second-order valence-corrected chi connectivity index (χ2v) is 5.75. The van der Waals surface area contributed by atoms with Crippen LogP contribution in [0.1, 0.15) is 30.6 Å². The third-order valence-corrected chi connectivity index (χ3v) is 4.15. The number of hydrogen-bond donors (Lipinski definition) is 2. The first-order valence-electron chi connectivity index (χ1n) is 6.63. The van der Waals surface area contributed by atoms with E-state index in [0.29, 0.717) is 5.75 Å². The van der Waals surface area contributed by atoms with Crippen molar-refractivity contribution in [3.05, 3.63) is 45.0 Å². The largest absolute Gasteiger partial charge is 0.493 e. The molecule has 5 nitrogen and oxygen atoms in total. The van der Waals surface area contributed by atoms with Crippen LogP contribution >= 0.6 is 22.6 Å². The van der Waals surface area contributed by atoms with Crippen LogP contribution in [0.25, 0.3) is 0 Å². The Morgan fingerprint density at radius 3 is 2.86 bits per heavy atom. The molecule has 7 heteroatoms. The number of hydrogen-bond acceptors (Lipinski definition) is 4. The van der Waals surface area contributed by atoms with Gasteiger partial charge < -0.3 is 4.74 Å². The number of methoxy groups -OCH3 is 1. The van der Waals surface area contributed by atoms with Gasteiger partial charge in [-0.15, -0.1) is 0 Å². The zero-order valence-corrected chi connectivity index (χ0v) is 14.1. The molecule has 0 aliphatic carbocycles. The third-order valence-electron chi connectivity index (χ3n) is 3.21. The molecular formula is C14H18FIN4O. The van der Waals surface area contributed by atoms with Crippen LogP contribution in [0.15, 0.2) is 24.4 Å². The van der Waals surface area contributed by atoms with E-state index in [4.69, 9.17) is 10.6 Å². The van der Waals surface area contributed by atoms with Crippen molar-refractivity contribution in [2.24, 2.45) is 5.84 Å².